The van der Waals surface area contributed by atoms with E-state index in [1.165, 1.54) is 18.5 Å². The third-order valence-electron chi connectivity index (χ3n) is 5.84. The molecule has 4 rings (SSSR count). The van der Waals surface area contributed by atoms with Gasteiger partial charge in [0.25, 0.3) is 5.56 Å². The number of carbonyl (C=O) groups excluding carboxylic acids is 2. The Bertz CT molecular complexity index is 1300. The van der Waals surface area contributed by atoms with E-state index in [4.69, 9.17) is 4.98 Å². The van der Waals surface area contributed by atoms with Gasteiger partial charge >= 0.3 is 5.69 Å². The van der Waals surface area contributed by atoms with Crippen LogP contribution < -0.4 is 16.6 Å². The molecule has 0 radical (unpaired) electrons. The lowest BCUT2D eigenvalue weighted by Gasteiger charge is -2.17. The number of fused-ring (bicyclic) bond motifs is 1. The zero-order chi connectivity index (χ0) is 22.8. The summed E-state index contributed by atoms with van der Waals surface area (Å²) in [5.41, 5.74) is 1.21. The highest BCUT2D eigenvalue weighted by Gasteiger charge is 2.28. The quantitative estimate of drug-likeness (QED) is 0.632. The Morgan fingerprint density at radius 2 is 1.88 bits per heavy atom. The number of hydrogen-bond acceptors (Lipinski definition) is 5. The topological polar surface area (TPSA) is 106 Å². The molecule has 166 valence electrons. The molecule has 0 spiro atoms. The van der Waals surface area contributed by atoms with Crippen LogP contribution in [0.2, 0.25) is 0 Å². The average molecular weight is 435 g/mol. The summed E-state index contributed by atoms with van der Waals surface area (Å²) in [6, 6.07) is 13.0. The van der Waals surface area contributed by atoms with E-state index < -0.39 is 5.69 Å². The molecule has 1 fully saturated rings. The van der Waals surface area contributed by atoms with Gasteiger partial charge in [0.1, 0.15) is 5.65 Å². The van der Waals surface area contributed by atoms with E-state index in [1.54, 1.807) is 17.0 Å². The second-order valence-corrected chi connectivity index (χ2v) is 8.06. The largest absolute Gasteiger partial charge is 0.347 e. The van der Waals surface area contributed by atoms with Crippen molar-refractivity contribution >= 4 is 22.8 Å². The number of hydrogen-bond donors (Lipinski definition) is 1. The molecule has 0 unspecified atom stereocenters. The summed E-state index contributed by atoms with van der Waals surface area (Å²) < 4.78 is 2.62. The van der Waals surface area contributed by atoms with Crippen molar-refractivity contribution in [2.45, 2.75) is 25.8 Å². The molecule has 1 aliphatic rings. The predicted octanol–water partition coefficient (Wildman–Crippen LogP) is 0.596. The Kier molecular flexibility index (Phi) is 5.89. The van der Waals surface area contributed by atoms with Crippen LogP contribution in [0.3, 0.4) is 0 Å². The number of benzene rings is 1. The summed E-state index contributed by atoms with van der Waals surface area (Å²) in [5, 5.41) is 2.91. The molecular weight excluding hydrogens is 410 g/mol. The molecule has 0 saturated carbocycles. The highest BCUT2D eigenvalue weighted by Crippen LogP contribution is 2.26. The highest BCUT2D eigenvalue weighted by atomic mass is 16.2. The van der Waals surface area contributed by atoms with Crippen LogP contribution in [0.15, 0.2) is 52.1 Å². The Balaban J connectivity index is 1.68. The van der Waals surface area contributed by atoms with Crippen molar-refractivity contribution in [3.8, 4) is 0 Å². The summed E-state index contributed by atoms with van der Waals surface area (Å²) >= 11 is 0. The van der Waals surface area contributed by atoms with Crippen molar-refractivity contribution in [2.75, 3.05) is 19.6 Å². The minimum atomic E-state index is -0.422. The molecule has 1 saturated heterocycles. The maximum atomic E-state index is 12.9. The fraction of sp³-hybridized carbons (Fsp3) is 0.348. The van der Waals surface area contributed by atoms with Crippen LogP contribution in [0.4, 0.5) is 0 Å². The van der Waals surface area contributed by atoms with Crippen LogP contribution in [-0.2, 0) is 23.2 Å². The van der Waals surface area contributed by atoms with Gasteiger partial charge in [-0.25, -0.2) is 9.78 Å². The molecule has 1 N–H and O–H groups in total. The average Bonchev–Trinajstić information content (AvgIpc) is 3.29. The van der Waals surface area contributed by atoms with E-state index in [9.17, 15) is 19.2 Å². The number of rotatable bonds is 5. The van der Waals surface area contributed by atoms with Crippen molar-refractivity contribution < 1.29 is 9.59 Å². The summed E-state index contributed by atoms with van der Waals surface area (Å²) in [6.07, 6.45) is 0.720. The number of nitrogens with zero attached hydrogens (tertiary/aromatic N) is 4. The molecule has 2 amide bonds. The monoisotopic (exact) mass is 435 g/mol. The van der Waals surface area contributed by atoms with Gasteiger partial charge < -0.3 is 10.2 Å². The fourth-order valence-corrected chi connectivity index (χ4v) is 4.05. The summed E-state index contributed by atoms with van der Waals surface area (Å²) in [6.45, 7) is 2.69. The predicted molar refractivity (Wildman–Crippen MR) is 119 cm³/mol. The number of nitrogens with one attached hydrogen (secondary N) is 1. The van der Waals surface area contributed by atoms with E-state index in [2.05, 4.69) is 5.32 Å². The van der Waals surface area contributed by atoms with Crippen LogP contribution >= 0.6 is 0 Å². The molecule has 9 nitrogen and oxygen atoms in total. The molecule has 1 aromatic carbocycles. The van der Waals surface area contributed by atoms with Crippen LogP contribution in [0, 0.1) is 0 Å². The fourth-order valence-electron chi connectivity index (χ4n) is 4.05. The van der Waals surface area contributed by atoms with Gasteiger partial charge in [0.05, 0.1) is 18.5 Å². The first-order valence-corrected chi connectivity index (χ1v) is 10.5. The normalized spacial score (nSPS) is 15.8. The molecular formula is C23H25N5O4. The highest BCUT2D eigenvalue weighted by molar-refractivity contribution is 5.84. The zero-order valence-corrected chi connectivity index (χ0v) is 18.1. The van der Waals surface area contributed by atoms with Gasteiger partial charge in [0, 0.05) is 38.7 Å². The van der Waals surface area contributed by atoms with Gasteiger partial charge in [0.2, 0.25) is 11.8 Å². The standard InChI is InChI=1S/C23H25N5O4/c1-15(29)24-12-20(30)27-11-10-17(14-27)19-9-8-18-21(25-19)28(23(32)26(2)22(18)31)13-16-6-4-3-5-7-16/h3-9,17H,10-14H2,1-2H3,(H,24,29)/t17-/m1/s1. The lowest BCUT2D eigenvalue weighted by molar-refractivity contribution is -0.131. The summed E-state index contributed by atoms with van der Waals surface area (Å²) in [4.78, 5) is 55.4. The smallest absolute Gasteiger partial charge is 0.332 e. The molecule has 3 aromatic rings. The first kappa shape index (κ1) is 21.5. The molecule has 2 aromatic heterocycles. The van der Waals surface area contributed by atoms with E-state index in [-0.39, 0.29) is 29.8 Å². The number of pyridine rings is 1. The Morgan fingerprint density at radius 1 is 1.12 bits per heavy atom. The number of amides is 2. The lowest BCUT2D eigenvalue weighted by Crippen LogP contribution is -2.39. The first-order valence-electron chi connectivity index (χ1n) is 10.5. The second-order valence-electron chi connectivity index (χ2n) is 8.06. The van der Waals surface area contributed by atoms with Gasteiger partial charge in [0.15, 0.2) is 0 Å². The van der Waals surface area contributed by atoms with Crippen molar-refractivity contribution in [3.05, 3.63) is 74.6 Å². The third kappa shape index (κ3) is 4.18. The van der Waals surface area contributed by atoms with Gasteiger partial charge in [-0.15, -0.1) is 0 Å². The summed E-state index contributed by atoms with van der Waals surface area (Å²) in [7, 11) is 1.47. The van der Waals surface area contributed by atoms with Crippen LogP contribution in [0.1, 0.15) is 30.5 Å². The van der Waals surface area contributed by atoms with Gasteiger partial charge in [-0.3, -0.25) is 23.5 Å². The molecule has 1 aliphatic heterocycles. The molecule has 0 bridgehead atoms. The number of likely N-dealkylation sites (tertiary alicyclic amines) is 1. The maximum Gasteiger partial charge on any atom is 0.332 e. The Labute approximate surface area is 184 Å². The number of carbonyl (C=O) groups is 2. The summed E-state index contributed by atoms with van der Waals surface area (Å²) in [5.74, 6) is -0.397. The van der Waals surface area contributed by atoms with Crippen LogP contribution in [0.25, 0.3) is 11.0 Å². The van der Waals surface area contributed by atoms with Crippen molar-refractivity contribution in [1.82, 2.24) is 24.3 Å². The van der Waals surface area contributed by atoms with Crippen molar-refractivity contribution in [1.29, 1.82) is 0 Å². The SMILES string of the molecule is CC(=O)NCC(=O)N1CC[C@@H](c2ccc3c(=O)n(C)c(=O)n(Cc4ccccc4)c3n2)C1. The molecule has 9 heteroatoms. The Morgan fingerprint density at radius 3 is 2.59 bits per heavy atom. The van der Waals surface area contributed by atoms with Gasteiger partial charge in [-0.2, -0.15) is 0 Å². The van der Waals surface area contributed by atoms with Crippen molar-refractivity contribution in [2.24, 2.45) is 7.05 Å². The van der Waals surface area contributed by atoms with Crippen LogP contribution in [-0.4, -0.2) is 50.5 Å². The van der Waals surface area contributed by atoms with Crippen molar-refractivity contribution in [3.63, 3.8) is 0 Å². The van der Waals surface area contributed by atoms with E-state index in [1.807, 2.05) is 30.3 Å². The lowest BCUT2D eigenvalue weighted by atomic mass is 10.0. The van der Waals surface area contributed by atoms with Gasteiger partial charge in [-0.05, 0) is 24.1 Å². The molecule has 3 heterocycles. The molecule has 0 aliphatic carbocycles. The van der Waals surface area contributed by atoms with E-state index >= 15 is 0 Å². The molecule has 32 heavy (non-hydrogen) atoms. The second kappa shape index (κ2) is 8.78. The zero-order valence-electron chi connectivity index (χ0n) is 18.1. The molecule has 1 atom stereocenters. The van der Waals surface area contributed by atoms with Gasteiger partial charge in [-0.1, -0.05) is 30.3 Å². The minimum Gasteiger partial charge on any atom is -0.347 e. The Hall–Kier alpha value is -3.75. The van der Waals surface area contributed by atoms with E-state index in [0.717, 1.165) is 22.2 Å². The van der Waals surface area contributed by atoms with E-state index in [0.29, 0.717) is 30.7 Å². The number of aromatic nitrogens is 3. The first-order chi connectivity index (χ1) is 15.3. The van der Waals surface area contributed by atoms with Crippen LogP contribution in [0.5, 0.6) is 0 Å². The minimum absolute atomic E-state index is 0.00925. The third-order valence-corrected chi connectivity index (χ3v) is 5.84. The maximum absolute atomic E-state index is 12.9.